The van der Waals surface area contributed by atoms with Gasteiger partial charge in [0.2, 0.25) is 0 Å². The lowest BCUT2D eigenvalue weighted by atomic mass is 10.3. The van der Waals surface area contributed by atoms with Gasteiger partial charge in [0.05, 0.1) is 25.3 Å². The molecule has 114 valence electrons. The van der Waals surface area contributed by atoms with Crippen molar-refractivity contribution in [1.29, 1.82) is 0 Å². The van der Waals surface area contributed by atoms with E-state index in [4.69, 9.17) is 32.7 Å². The van der Waals surface area contributed by atoms with Crippen molar-refractivity contribution >= 4 is 0 Å². The third kappa shape index (κ3) is 6.66. The van der Waals surface area contributed by atoms with Crippen molar-refractivity contribution in [3.8, 4) is 11.5 Å². The molecular formula is C12H22N4O4. The van der Waals surface area contributed by atoms with Gasteiger partial charge in [-0.2, -0.15) is 0 Å². The first kappa shape index (κ1) is 16.6. The van der Waals surface area contributed by atoms with Gasteiger partial charge in [0.15, 0.2) is 0 Å². The zero-order valence-corrected chi connectivity index (χ0v) is 11.2. The maximum absolute atomic E-state index is 5.70. The second kappa shape index (κ2) is 9.48. The Hall–Kier alpha value is -1.42. The first-order valence-electron chi connectivity index (χ1n) is 6.16. The van der Waals surface area contributed by atoms with Gasteiger partial charge in [0, 0.05) is 6.07 Å². The highest BCUT2D eigenvalue weighted by Crippen LogP contribution is 2.19. The lowest BCUT2D eigenvalue weighted by Gasteiger charge is -2.14. The van der Waals surface area contributed by atoms with E-state index in [9.17, 15) is 0 Å². The second-order valence-electron chi connectivity index (χ2n) is 4.28. The summed E-state index contributed by atoms with van der Waals surface area (Å²) in [4.78, 5) is 8.88. The molecule has 0 radical (unpaired) electrons. The van der Waals surface area contributed by atoms with E-state index < -0.39 is 0 Å². The molecule has 8 nitrogen and oxygen atoms in total. The molecule has 2 unspecified atom stereocenters. The van der Waals surface area contributed by atoms with Crippen LogP contribution in [0.5, 0.6) is 11.5 Å². The Balaban J connectivity index is 2.41. The number of benzene rings is 1. The molecule has 0 aromatic heterocycles. The molecule has 1 aromatic carbocycles. The van der Waals surface area contributed by atoms with Gasteiger partial charge in [-0.05, 0) is 12.1 Å². The van der Waals surface area contributed by atoms with Crippen molar-refractivity contribution in [2.24, 2.45) is 23.3 Å². The maximum atomic E-state index is 5.70. The number of nitrogens with two attached hydrogens (primary N) is 4. The molecule has 8 N–H and O–H groups in total. The van der Waals surface area contributed by atoms with Crippen LogP contribution in [-0.2, 0) is 9.68 Å². The minimum Gasteiger partial charge on any atom is -0.492 e. The number of rotatable bonds is 10. The third-order valence-corrected chi connectivity index (χ3v) is 2.35. The fourth-order valence-corrected chi connectivity index (χ4v) is 1.40. The van der Waals surface area contributed by atoms with E-state index in [1.165, 1.54) is 0 Å². The Morgan fingerprint density at radius 1 is 0.800 bits per heavy atom. The van der Waals surface area contributed by atoms with E-state index in [0.29, 0.717) is 24.7 Å². The molecule has 0 fully saturated rings. The lowest BCUT2D eigenvalue weighted by molar-refractivity contribution is 0.106. The first-order valence-corrected chi connectivity index (χ1v) is 6.16. The van der Waals surface area contributed by atoms with Crippen molar-refractivity contribution in [2.75, 3.05) is 26.4 Å². The largest absolute Gasteiger partial charge is 0.492 e. The van der Waals surface area contributed by atoms with Gasteiger partial charge in [0.25, 0.3) is 0 Å². The molecular weight excluding hydrogens is 264 g/mol. The summed E-state index contributed by atoms with van der Waals surface area (Å²) < 4.78 is 11.0. The molecule has 0 aliphatic carbocycles. The Morgan fingerprint density at radius 2 is 1.25 bits per heavy atom. The summed E-state index contributed by atoms with van der Waals surface area (Å²) in [6.07, 6.45) is 0. The van der Waals surface area contributed by atoms with Crippen LogP contribution in [0, 0.1) is 0 Å². The summed E-state index contributed by atoms with van der Waals surface area (Å²) in [7, 11) is 0. The molecule has 0 amide bonds. The highest BCUT2D eigenvalue weighted by Gasteiger charge is 2.06. The number of hydrogen-bond donors (Lipinski definition) is 4. The molecule has 0 spiro atoms. The highest BCUT2D eigenvalue weighted by molar-refractivity contribution is 5.33. The standard InChI is InChI=1S/C12H22N4O4/c13-9(7-19-15)5-17-11-2-1-3-12(4-11)18-6-10(14)8-20-16/h1-4,9-10H,5-8,13-16H2. The summed E-state index contributed by atoms with van der Waals surface area (Å²) in [6.45, 7) is 1.04. The van der Waals surface area contributed by atoms with Crippen molar-refractivity contribution in [2.45, 2.75) is 12.1 Å². The van der Waals surface area contributed by atoms with Crippen LogP contribution in [0.1, 0.15) is 0 Å². The molecule has 0 bridgehead atoms. The fraction of sp³-hybridized carbons (Fsp3) is 0.500. The van der Waals surface area contributed by atoms with Crippen LogP contribution < -0.4 is 32.7 Å². The van der Waals surface area contributed by atoms with Crippen LogP contribution in [0.25, 0.3) is 0 Å². The predicted octanol–water partition coefficient (Wildman–Crippen LogP) is -1.12. The summed E-state index contributed by atoms with van der Waals surface area (Å²) in [6, 6.07) is 6.56. The summed E-state index contributed by atoms with van der Waals surface area (Å²) in [5, 5.41) is 0. The van der Waals surface area contributed by atoms with Crippen molar-refractivity contribution in [1.82, 2.24) is 0 Å². The van der Waals surface area contributed by atoms with E-state index in [1.54, 1.807) is 24.3 Å². The summed E-state index contributed by atoms with van der Waals surface area (Å²) in [5.74, 6) is 11.1. The van der Waals surface area contributed by atoms with Gasteiger partial charge in [-0.3, -0.25) is 0 Å². The molecule has 0 saturated carbocycles. The zero-order chi connectivity index (χ0) is 14.8. The predicted molar refractivity (Wildman–Crippen MR) is 73.7 cm³/mol. The van der Waals surface area contributed by atoms with Gasteiger partial charge < -0.3 is 30.6 Å². The average molecular weight is 286 g/mol. The quantitative estimate of drug-likeness (QED) is 0.396. The lowest BCUT2D eigenvalue weighted by Crippen LogP contribution is -2.34. The molecule has 0 heterocycles. The molecule has 0 aliphatic rings. The third-order valence-electron chi connectivity index (χ3n) is 2.35. The van der Waals surface area contributed by atoms with Crippen LogP contribution in [0.15, 0.2) is 24.3 Å². The molecule has 0 saturated heterocycles. The first-order chi connectivity index (χ1) is 9.65. The molecule has 1 rings (SSSR count). The van der Waals surface area contributed by atoms with Gasteiger partial charge in [-0.15, -0.1) is 0 Å². The Kier molecular flexibility index (Phi) is 7.88. The molecule has 2 atom stereocenters. The zero-order valence-electron chi connectivity index (χ0n) is 11.2. The SMILES string of the molecule is NOCC(N)COc1cccc(OCC(N)CON)c1. The van der Waals surface area contributed by atoms with Crippen LogP contribution in [-0.4, -0.2) is 38.5 Å². The van der Waals surface area contributed by atoms with Crippen molar-refractivity contribution in [3.63, 3.8) is 0 Å². The van der Waals surface area contributed by atoms with Crippen LogP contribution in [0.4, 0.5) is 0 Å². The maximum Gasteiger partial charge on any atom is 0.123 e. The Labute approximate surface area is 117 Å². The molecule has 0 aliphatic heterocycles. The van der Waals surface area contributed by atoms with Crippen molar-refractivity contribution < 1.29 is 19.1 Å². The van der Waals surface area contributed by atoms with E-state index in [1.807, 2.05) is 0 Å². The highest BCUT2D eigenvalue weighted by atomic mass is 16.6. The number of hydrogen-bond acceptors (Lipinski definition) is 8. The van der Waals surface area contributed by atoms with E-state index >= 15 is 0 Å². The van der Waals surface area contributed by atoms with Crippen LogP contribution in [0.3, 0.4) is 0 Å². The minimum absolute atomic E-state index is 0.226. The summed E-state index contributed by atoms with van der Waals surface area (Å²) >= 11 is 0. The molecule has 20 heavy (non-hydrogen) atoms. The fourth-order valence-electron chi connectivity index (χ4n) is 1.40. The molecule has 1 aromatic rings. The monoisotopic (exact) mass is 286 g/mol. The van der Waals surface area contributed by atoms with E-state index in [-0.39, 0.29) is 25.3 Å². The van der Waals surface area contributed by atoms with Crippen molar-refractivity contribution in [3.05, 3.63) is 24.3 Å². The van der Waals surface area contributed by atoms with Gasteiger partial charge in [-0.25, -0.2) is 11.8 Å². The van der Waals surface area contributed by atoms with E-state index in [0.717, 1.165) is 0 Å². The van der Waals surface area contributed by atoms with E-state index in [2.05, 4.69) is 9.68 Å². The van der Waals surface area contributed by atoms with Gasteiger partial charge >= 0.3 is 0 Å². The van der Waals surface area contributed by atoms with Crippen LogP contribution in [0.2, 0.25) is 0 Å². The Morgan fingerprint density at radius 3 is 1.65 bits per heavy atom. The number of ether oxygens (including phenoxy) is 2. The minimum atomic E-state index is -0.292. The second-order valence-corrected chi connectivity index (χ2v) is 4.28. The normalized spacial score (nSPS) is 13.8. The molecule has 8 heteroatoms. The van der Waals surface area contributed by atoms with Crippen LogP contribution >= 0.6 is 0 Å². The van der Waals surface area contributed by atoms with Gasteiger partial charge in [0.1, 0.15) is 24.7 Å². The average Bonchev–Trinajstić information content (AvgIpc) is 2.44. The smallest absolute Gasteiger partial charge is 0.123 e. The topological polar surface area (TPSA) is 141 Å². The summed E-state index contributed by atoms with van der Waals surface area (Å²) in [5.41, 5.74) is 11.4. The van der Waals surface area contributed by atoms with Gasteiger partial charge in [-0.1, -0.05) is 6.07 Å². The Bertz CT molecular complexity index is 349.